The van der Waals surface area contributed by atoms with Gasteiger partial charge in [-0.25, -0.2) is 0 Å². The Morgan fingerprint density at radius 2 is 1.88 bits per heavy atom. The van der Waals surface area contributed by atoms with Gasteiger partial charge in [0.25, 0.3) is 0 Å². The smallest absolute Gasteiger partial charge is 0.138 e. The Labute approximate surface area is 145 Å². The number of hydrogen-bond donors (Lipinski definition) is 2. The molecule has 0 aliphatic carbocycles. The number of hydrogen-bond acceptors (Lipinski definition) is 5. The van der Waals surface area contributed by atoms with Crippen molar-refractivity contribution in [3.63, 3.8) is 0 Å². The van der Waals surface area contributed by atoms with E-state index in [1.165, 1.54) is 0 Å². The third kappa shape index (κ3) is 2.05. The van der Waals surface area contributed by atoms with E-state index in [0.29, 0.717) is 18.8 Å². The minimum atomic E-state index is -0.611. The lowest BCUT2D eigenvalue weighted by atomic mass is 9.86. The molecule has 0 aromatic heterocycles. The molecule has 25 heavy (non-hydrogen) atoms. The predicted molar refractivity (Wildman–Crippen MR) is 90.6 cm³/mol. The van der Waals surface area contributed by atoms with Crippen molar-refractivity contribution >= 4 is 0 Å². The van der Waals surface area contributed by atoms with Crippen LogP contribution in [0.25, 0.3) is 0 Å². The lowest BCUT2D eigenvalue weighted by Crippen LogP contribution is -2.46. The summed E-state index contributed by atoms with van der Waals surface area (Å²) in [6, 6.07) is 9.15. The number of aliphatic hydroxyl groups is 1. The number of benzene rings is 2. The molecule has 2 N–H and O–H groups in total. The monoisotopic (exact) mass is 340 g/mol. The highest BCUT2D eigenvalue weighted by Gasteiger charge is 2.45. The van der Waals surface area contributed by atoms with Crippen LogP contribution in [0.15, 0.2) is 30.3 Å². The second-order valence-corrected chi connectivity index (χ2v) is 7.56. The highest BCUT2D eigenvalue weighted by atomic mass is 16.5. The molecule has 130 valence electrons. The van der Waals surface area contributed by atoms with Gasteiger partial charge in [-0.2, -0.15) is 0 Å². The summed E-state index contributed by atoms with van der Waals surface area (Å²) in [5, 5.41) is 20.1. The highest BCUT2D eigenvalue weighted by Crippen LogP contribution is 2.55. The Hall–Kier alpha value is -2.40. The first-order chi connectivity index (χ1) is 11.9. The van der Waals surface area contributed by atoms with Gasteiger partial charge < -0.3 is 24.4 Å². The lowest BCUT2D eigenvalue weighted by Gasteiger charge is -2.37. The fourth-order valence-electron chi connectivity index (χ4n) is 4.03. The molecular weight excluding hydrogens is 320 g/mol. The zero-order valence-electron chi connectivity index (χ0n) is 14.2. The first kappa shape index (κ1) is 14.9. The van der Waals surface area contributed by atoms with Gasteiger partial charge in [-0.3, -0.25) is 0 Å². The SMILES string of the molecule is CC1(C)Oc2ccc3c(c2C[C@H]1O)O[C@H]1c2ccc(O)cc2OC[C@@H]31. The number of fused-ring (bicyclic) bond motifs is 7. The van der Waals surface area contributed by atoms with Crippen molar-refractivity contribution in [3.05, 3.63) is 47.0 Å². The Morgan fingerprint density at radius 1 is 1.08 bits per heavy atom. The van der Waals surface area contributed by atoms with Crippen molar-refractivity contribution in [1.29, 1.82) is 0 Å². The van der Waals surface area contributed by atoms with E-state index in [2.05, 4.69) is 0 Å². The Morgan fingerprint density at radius 3 is 2.72 bits per heavy atom. The molecular formula is C20H20O5. The zero-order chi connectivity index (χ0) is 17.3. The van der Waals surface area contributed by atoms with E-state index < -0.39 is 11.7 Å². The maximum Gasteiger partial charge on any atom is 0.138 e. The van der Waals surface area contributed by atoms with Crippen molar-refractivity contribution < 1.29 is 24.4 Å². The molecule has 5 nitrogen and oxygen atoms in total. The largest absolute Gasteiger partial charge is 0.508 e. The summed E-state index contributed by atoms with van der Waals surface area (Å²) >= 11 is 0. The van der Waals surface area contributed by atoms with Gasteiger partial charge in [0.15, 0.2) is 0 Å². The van der Waals surface area contributed by atoms with Crippen molar-refractivity contribution in [3.8, 4) is 23.0 Å². The summed E-state index contributed by atoms with van der Waals surface area (Å²) in [6.07, 6.45) is -0.218. The van der Waals surface area contributed by atoms with Crippen molar-refractivity contribution in [1.82, 2.24) is 0 Å². The van der Waals surface area contributed by atoms with E-state index in [1.807, 2.05) is 32.0 Å². The topological polar surface area (TPSA) is 68.2 Å². The molecule has 3 atom stereocenters. The van der Waals surface area contributed by atoms with Crippen LogP contribution in [0.4, 0.5) is 0 Å². The summed E-state index contributed by atoms with van der Waals surface area (Å²) < 4.78 is 18.2. The van der Waals surface area contributed by atoms with Gasteiger partial charge >= 0.3 is 0 Å². The molecule has 3 aliphatic heterocycles. The molecule has 0 spiro atoms. The second-order valence-electron chi connectivity index (χ2n) is 7.56. The van der Waals surface area contributed by atoms with Gasteiger partial charge in [0.1, 0.15) is 34.7 Å². The number of ether oxygens (including phenoxy) is 3. The van der Waals surface area contributed by atoms with Crippen LogP contribution in [0, 0.1) is 0 Å². The lowest BCUT2D eigenvalue weighted by molar-refractivity contribution is -0.0418. The number of phenols is 1. The van der Waals surface area contributed by atoms with Gasteiger partial charge in [0.05, 0.1) is 18.6 Å². The molecule has 0 radical (unpaired) electrons. The van der Waals surface area contributed by atoms with Crippen LogP contribution >= 0.6 is 0 Å². The molecule has 5 heteroatoms. The highest BCUT2D eigenvalue weighted by molar-refractivity contribution is 5.58. The molecule has 0 saturated heterocycles. The quantitative estimate of drug-likeness (QED) is 0.771. The number of rotatable bonds is 0. The molecule has 5 rings (SSSR count). The molecule has 3 heterocycles. The zero-order valence-corrected chi connectivity index (χ0v) is 14.2. The van der Waals surface area contributed by atoms with Crippen LogP contribution in [-0.2, 0) is 6.42 Å². The molecule has 0 unspecified atom stereocenters. The third-order valence-electron chi connectivity index (χ3n) is 5.55. The van der Waals surface area contributed by atoms with Gasteiger partial charge in [-0.05, 0) is 32.0 Å². The normalized spacial score (nSPS) is 27.7. The summed E-state index contributed by atoms with van der Waals surface area (Å²) in [7, 11) is 0. The van der Waals surface area contributed by atoms with Crippen LogP contribution in [0.2, 0.25) is 0 Å². The molecule has 0 fully saturated rings. The van der Waals surface area contributed by atoms with E-state index in [0.717, 1.165) is 28.2 Å². The molecule has 2 aromatic carbocycles. The fraction of sp³-hybridized carbons (Fsp3) is 0.400. The predicted octanol–water partition coefficient (Wildman–Crippen LogP) is 3.08. The Kier molecular flexibility index (Phi) is 2.87. The average Bonchev–Trinajstić information content (AvgIpc) is 2.94. The minimum absolute atomic E-state index is 0.101. The van der Waals surface area contributed by atoms with Crippen molar-refractivity contribution in [2.45, 2.75) is 44.0 Å². The van der Waals surface area contributed by atoms with E-state index in [4.69, 9.17) is 14.2 Å². The summed E-state index contributed by atoms with van der Waals surface area (Å²) in [6.45, 7) is 4.29. The number of aliphatic hydroxyl groups excluding tert-OH is 1. The average molecular weight is 340 g/mol. The first-order valence-electron chi connectivity index (χ1n) is 8.59. The van der Waals surface area contributed by atoms with Crippen LogP contribution in [0.3, 0.4) is 0 Å². The van der Waals surface area contributed by atoms with Crippen molar-refractivity contribution in [2.75, 3.05) is 6.61 Å². The molecule has 0 saturated carbocycles. The molecule has 0 amide bonds. The first-order valence-corrected chi connectivity index (χ1v) is 8.59. The minimum Gasteiger partial charge on any atom is -0.508 e. The van der Waals surface area contributed by atoms with E-state index in [9.17, 15) is 10.2 Å². The Bertz CT molecular complexity index is 873. The van der Waals surface area contributed by atoms with Gasteiger partial charge in [0.2, 0.25) is 0 Å². The van der Waals surface area contributed by atoms with Gasteiger partial charge in [-0.15, -0.1) is 0 Å². The molecule has 2 aromatic rings. The maximum absolute atomic E-state index is 10.4. The molecule has 0 bridgehead atoms. The Balaban J connectivity index is 1.59. The number of aromatic hydroxyl groups is 1. The van der Waals surface area contributed by atoms with Gasteiger partial charge in [0, 0.05) is 29.2 Å². The van der Waals surface area contributed by atoms with E-state index >= 15 is 0 Å². The van der Waals surface area contributed by atoms with E-state index in [1.54, 1.807) is 12.1 Å². The third-order valence-corrected chi connectivity index (χ3v) is 5.55. The van der Waals surface area contributed by atoms with Crippen LogP contribution < -0.4 is 14.2 Å². The van der Waals surface area contributed by atoms with Crippen molar-refractivity contribution in [2.24, 2.45) is 0 Å². The van der Waals surface area contributed by atoms with Crippen LogP contribution in [0.5, 0.6) is 23.0 Å². The second kappa shape index (κ2) is 4.82. The summed E-state index contributed by atoms with van der Waals surface area (Å²) in [5.41, 5.74) is 2.36. The van der Waals surface area contributed by atoms with E-state index in [-0.39, 0.29) is 17.8 Å². The summed E-state index contributed by atoms with van der Waals surface area (Å²) in [4.78, 5) is 0. The molecule has 3 aliphatic rings. The summed E-state index contributed by atoms with van der Waals surface area (Å²) in [5.74, 6) is 2.54. The van der Waals surface area contributed by atoms with Crippen LogP contribution in [0.1, 0.15) is 42.6 Å². The van der Waals surface area contributed by atoms with Gasteiger partial charge in [-0.1, -0.05) is 6.07 Å². The number of phenolic OH excluding ortho intramolecular Hbond substituents is 1. The standard InChI is InChI=1S/C20H20O5/c1-20(2)17(22)8-13-15(25-20)6-5-11-14-9-23-16-7-10(21)3-4-12(16)19(14)24-18(11)13/h3-7,14,17,19,21-22H,8-9H2,1-2H3/t14-,17+,19-/m0/s1. The fourth-order valence-corrected chi connectivity index (χ4v) is 4.03. The maximum atomic E-state index is 10.4. The van der Waals surface area contributed by atoms with Crippen LogP contribution in [-0.4, -0.2) is 28.5 Å².